The van der Waals surface area contributed by atoms with Crippen LogP contribution in [0.25, 0.3) is 16.9 Å². The first-order valence-corrected chi connectivity index (χ1v) is 11.5. The summed E-state index contributed by atoms with van der Waals surface area (Å²) in [6, 6.07) is 6.83. The van der Waals surface area contributed by atoms with Crippen LogP contribution in [0.3, 0.4) is 0 Å². The van der Waals surface area contributed by atoms with Gasteiger partial charge in [-0.15, -0.1) is 0 Å². The molecule has 1 aromatic carbocycles. The lowest BCUT2D eigenvalue weighted by Gasteiger charge is -2.21. The van der Waals surface area contributed by atoms with Gasteiger partial charge in [-0.2, -0.15) is 5.10 Å². The number of aryl methyl sites for hydroxylation is 2. The first-order valence-electron chi connectivity index (χ1n) is 11.5. The number of fused-ring (bicyclic) bond motifs is 1. The molecule has 6 nitrogen and oxygen atoms in total. The summed E-state index contributed by atoms with van der Waals surface area (Å²) in [6.07, 6.45) is 3.53. The Balaban J connectivity index is 2.19. The summed E-state index contributed by atoms with van der Waals surface area (Å²) in [6.45, 7) is 9.69. The van der Waals surface area contributed by atoms with E-state index < -0.39 is 5.82 Å². The molecule has 0 aliphatic rings. The van der Waals surface area contributed by atoms with E-state index in [1.165, 1.54) is 13.2 Å². The Labute approximate surface area is 189 Å². The molecule has 0 saturated carbocycles. The van der Waals surface area contributed by atoms with E-state index in [0.29, 0.717) is 30.0 Å². The van der Waals surface area contributed by atoms with E-state index in [9.17, 15) is 9.18 Å². The van der Waals surface area contributed by atoms with Crippen molar-refractivity contribution in [3.8, 4) is 17.0 Å². The first-order chi connectivity index (χ1) is 15.5. The molecule has 0 spiro atoms. The van der Waals surface area contributed by atoms with Crippen LogP contribution in [0, 0.1) is 5.82 Å². The molecule has 0 unspecified atom stereocenters. The summed E-state index contributed by atoms with van der Waals surface area (Å²) in [4.78, 5) is 20.0. The summed E-state index contributed by atoms with van der Waals surface area (Å²) < 4.78 is 21.4. The molecule has 3 rings (SSSR count). The van der Waals surface area contributed by atoms with Crippen LogP contribution in [0.15, 0.2) is 24.3 Å². The van der Waals surface area contributed by atoms with Crippen molar-refractivity contribution in [2.24, 2.45) is 0 Å². The first kappa shape index (κ1) is 23.7. The molecule has 2 aromatic heterocycles. The van der Waals surface area contributed by atoms with Gasteiger partial charge in [-0.1, -0.05) is 27.7 Å². The number of hydrogen-bond acceptors (Lipinski definition) is 4. The zero-order valence-electron chi connectivity index (χ0n) is 19.7. The van der Waals surface area contributed by atoms with Gasteiger partial charge in [-0.3, -0.25) is 4.79 Å². The van der Waals surface area contributed by atoms with Gasteiger partial charge >= 0.3 is 0 Å². The number of methoxy groups -OCH3 is 1. The maximum absolute atomic E-state index is 14.5. The number of aromatic nitrogens is 3. The topological polar surface area (TPSA) is 59.7 Å². The van der Waals surface area contributed by atoms with Gasteiger partial charge in [0.05, 0.1) is 19.2 Å². The molecule has 0 N–H and O–H groups in total. The van der Waals surface area contributed by atoms with Crippen LogP contribution in [-0.4, -0.2) is 45.6 Å². The molecule has 0 bridgehead atoms. The normalized spacial score (nSPS) is 11.2. The maximum Gasteiger partial charge on any atom is 0.227 e. The number of nitrogens with zero attached hydrogens (tertiary/aromatic N) is 4. The van der Waals surface area contributed by atoms with Crippen molar-refractivity contribution in [2.75, 3.05) is 20.2 Å². The number of benzene rings is 1. The van der Waals surface area contributed by atoms with Crippen LogP contribution in [0.4, 0.5) is 4.39 Å². The summed E-state index contributed by atoms with van der Waals surface area (Å²) in [7, 11) is 1.44. The molecule has 7 heteroatoms. The van der Waals surface area contributed by atoms with Gasteiger partial charge in [0, 0.05) is 35.6 Å². The monoisotopic (exact) mass is 440 g/mol. The van der Waals surface area contributed by atoms with Gasteiger partial charge in [0.2, 0.25) is 5.91 Å². The van der Waals surface area contributed by atoms with Crippen molar-refractivity contribution in [1.82, 2.24) is 19.5 Å². The predicted molar refractivity (Wildman–Crippen MR) is 125 cm³/mol. The molecular formula is C25H33FN4O2. The lowest BCUT2D eigenvalue weighted by Crippen LogP contribution is -2.33. The Morgan fingerprint density at radius 3 is 2.38 bits per heavy atom. The number of halogens is 1. The second-order valence-electron chi connectivity index (χ2n) is 7.92. The standard InChI is InChI=1S/C25H33FN4O2/c1-6-12-29(13-7-2)23(31)16-20-24(17-10-11-22(32-5)21(26)14-17)28-30-19(9-4)15-18(8-3)27-25(20)30/h10-11,14-15H,6-9,12-13,16H2,1-5H3. The fraction of sp³-hybridized carbons (Fsp3) is 0.480. The second-order valence-corrected chi connectivity index (χ2v) is 7.92. The van der Waals surface area contributed by atoms with Crippen molar-refractivity contribution in [3.05, 3.63) is 47.0 Å². The van der Waals surface area contributed by atoms with Crippen LogP contribution in [-0.2, 0) is 24.1 Å². The Morgan fingerprint density at radius 1 is 1.09 bits per heavy atom. The molecule has 0 aliphatic heterocycles. The molecule has 0 saturated heterocycles. The Bertz CT molecular complexity index is 1090. The zero-order chi connectivity index (χ0) is 23.3. The van der Waals surface area contributed by atoms with Gasteiger partial charge in [-0.25, -0.2) is 13.9 Å². The number of rotatable bonds is 10. The molecule has 1 amide bonds. The molecule has 0 radical (unpaired) electrons. The van der Waals surface area contributed by atoms with Crippen molar-refractivity contribution in [2.45, 2.75) is 59.8 Å². The van der Waals surface area contributed by atoms with Crippen LogP contribution >= 0.6 is 0 Å². The molecule has 2 heterocycles. The molecule has 0 atom stereocenters. The van der Waals surface area contributed by atoms with Gasteiger partial charge in [0.1, 0.15) is 0 Å². The van der Waals surface area contributed by atoms with Gasteiger partial charge in [-0.05, 0) is 49.9 Å². The summed E-state index contributed by atoms with van der Waals surface area (Å²) >= 11 is 0. The lowest BCUT2D eigenvalue weighted by atomic mass is 10.0. The SMILES string of the molecule is CCCN(CCC)C(=O)Cc1c(-c2ccc(OC)c(F)c2)nn2c(CC)cc(CC)nc12. The van der Waals surface area contributed by atoms with Crippen molar-refractivity contribution in [1.29, 1.82) is 0 Å². The van der Waals surface area contributed by atoms with E-state index in [-0.39, 0.29) is 18.1 Å². The highest BCUT2D eigenvalue weighted by Crippen LogP contribution is 2.30. The fourth-order valence-electron chi connectivity index (χ4n) is 3.98. The van der Waals surface area contributed by atoms with Gasteiger partial charge in [0.25, 0.3) is 0 Å². The van der Waals surface area contributed by atoms with E-state index in [4.69, 9.17) is 14.8 Å². The van der Waals surface area contributed by atoms with Crippen molar-refractivity contribution >= 4 is 11.6 Å². The number of carbonyl (C=O) groups excluding carboxylic acids is 1. The van der Waals surface area contributed by atoms with E-state index in [1.807, 2.05) is 15.5 Å². The summed E-state index contributed by atoms with van der Waals surface area (Å²) in [5, 5.41) is 4.81. The molecular weight excluding hydrogens is 407 g/mol. The third-order valence-corrected chi connectivity index (χ3v) is 5.63. The van der Waals surface area contributed by atoms with E-state index in [0.717, 1.165) is 42.6 Å². The lowest BCUT2D eigenvalue weighted by molar-refractivity contribution is -0.130. The van der Waals surface area contributed by atoms with Crippen LogP contribution in [0.5, 0.6) is 5.75 Å². The van der Waals surface area contributed by atoms with Crippen LogP contribution in [0.2, 0.25) is 0 Å². The number of amides is 1. The summed E-state index contributed by atoms with van der Waals surface area (Å²) in [5.74, 6) is -0.246. The predicted octanol–water partition coefficient (Wildman–Crippen LogP) is 4.86. The van der Waals surface area contributed by atoms with Gasteiger partial charge in [0.15, 0.2) is 17.2 Å². The van der Waals surface area contributed by atoms with Crippen LogP contribution in [0.1, 0.15) is 57.5 Å². The number of ether oxygens (including phenoxy) is 1. The number of hydrogen-bond donors (Lipinski definition) is 0. The quantitative estimate of drug-likeness (QED) is 0.452. The molecule has 0 aliphatic carbocycles. The van der Waals surface area contributed by atoms with Gasteiger partial charge < -0.3 is 9.64 Å². The Morgan fingerprint density at radius 2 is 1.81 bits per heavy atom. The van der Waals surface area contributed by atoms with Crippen molar-refractivity contribution < 1.29 is 13.9 Å². The summed E-state index contributed by atoms with van der Waals surface area (Å²) in [5.41, 5.74) is 4.57. The Kier molecular flexibility index (Phi) is 7.83. The van der Waals surface area contributed by atoms with Crippen LogP contribution < -0.4 is 4.74 Å². The highest BCUT2D eigenvalue weighted by molar-refractivity contribution is 5.85. The highest BCUT2D eigenvalue weighted by Gasteiger charge is 2.23. The van der Waals surface area contributed by atoms with E-state index >= 15 is 0 Å². The smallest absolute Gasteiger partial charge is 0.227 e. The average Bonchev–Trinajstić information content (AvgIpc) is 3.16. The molecule has 3 aromatic rings. The molecule has 0 fully saturated rings. The zero-order valence-corrected chi connectivity index (χ0v) is 19.7. The minimum atomic E-state index is -0.462. The Hall–Kier alpha value is -2.96. The third-order valence-electron chi connectivity index (χ3n) is 5.63. The minimum absolute atomic E-state index is 0.0422. The minimum Gasteiger partial charge on any atom is -0.494 e. The largest absolute Gasteiger partial charge is 0.494 e. The molecule has 172 valence electrons. The third kappa shape index (κ3) is 4.76. The second kappa shape index (κ2) is 10.6. The number of carbonyl (C=O) groups is 1. The fourth-order valence-corrected chi connectivity index (χ4v) is 3.98. The average molecular weight is 441 g/mol. The van der Waals surface area contributed by atoms with Crippen molar-refractivity contribution in [3.63, 3.8) is 0 Å². The van der Waals surface area contributed by atoms with E-state index in [1.54, 1.807) is 12.1 Å². The van der Waals surface area contributed by atoms with E-state index in [2.05, 4.69) is 27.7 Å². The molecule has 32 heavy (non-hydrogen) atoms. The maximum atomic E-state index is 14.5. The highest BCUT2D eigenvalue weighted by atomic mass is 19.1.